The Bertz CT molecular complexity index is 1360. The number of furan rings is 1. The van der Waals surface area contributed by atoms with Crippen LogP contribution in [0.4, 0.5) is 4.79 Å². The van der Waals surface area contributed by atoms with Gasteiger partial charge in [-0.1, -0.05) is 12.1 Å². The number of amides is 3. The Hall–Kier alpha value is -4.06. The lowest BCUT2D eigenvalue weighted by Gasteiger charge is -2.38. The van der Waals surface area contributed by atoms with Gasteiger partial charge in [0.1, 0.15) is 35.4 Å². The number of hydrogen-bond donors (Lipinski definition) is 3. The Kier molecular flexibility index (Phi) is 9.96. The number of piperidine rings is 1. The molecule has 3 N–H and O–H groups in total. The summed E-state index contributed by atoms with van der Waals surface area (Å²) in [7, 11) is 1.60. The minimum Gasteiger partial charge on any atom is -0.491 e. The Balaban J connectivity index is 1.35. The van der Waals surface area contributed by atoms with Crippen molar-refractivity contribution in [2.75, 3.05) is 46.5 Å². The van der Waals surface area contributed by atoms with Crippen LogP contribution in [-0.2, 0) is 22.6 Å². The number of aryl methyl sites for hydroxylation is 1. The normalized spacial score (nSPS) is 20.1. The minimum atomic E-state index is -0.304. The average Bonchev–Trinajstić information content (AvgIpc) is 3.39. The van der Waals surface area contributed by atoms with Crippen molar-refractivity contribution < 1.29 is 33.0 Å². The Morgan fingerprint density at radius 2 is 1.88 bits per heavy atom. The van der Waals surface area contributed by atoms with E-state index in [1.807, 2.05) is 43.3 Å². The van der Waals surface area contributed by atoms with E-state index in [4.69, 9.17) is 23.4 Å². The molecule has 0 spiro atoms. The number of carbonyl (C=O) groups is 2. The second-order valence-corrected chi connectivity index (χ2v) is 10.4. The first-order valence-electron chi connectivity index (χ1n) is 14.2. The largest absolute Gasteiger partial charge is 0.491 e. The lowest BCUT2D eigenvalue weighted by molar-refractivity contribution is -0.0316. The molecule has 42 heavy (non-hydrogen) atoms. The summed E-state index contributed by atoms with van der Waals surface area (Å²) in [5, 5.41) is 8.76. The van der Waals surface area contributed by atoms with Crippen molar-refractivity contribution in [3.63, 3.8) is 0 Å². The topological polar surface area (TPSA) is 124 Å². The number of hydrogen-bond acceptors (Lipinski definition) is 8. The molecular weight excluding hydrogens is 540 g/mol. The van der Waals surface area contributed by atoms with Crippen LogP contribution in [0.2, 0.25) is 0 Å². The lowest BCUT2D eigenvalue weighted by Crippen LogP contribution is -2.56. The monoisotopic (exact) mass is 578 g/mol. The zero-order valence-corrected chi connectivity index (χ0v) is 24.0. The first-order valence-corrected chi connectivity index (χ1v) is 14.2. The third-order valence-electron chi connectivity index (χ3n) is 7.13. The van der Waals surface area contributed by atoms with Crippen molar-refractivity contribution in [2.24, 2.45) is 0 Å². The number of nitrogens with zero attached hydrogens (tertiary/aromatic N) is 1. The van der Waals surface area contributed by atoms with Gasteiger partial charge in [0.25, 0.3) is 5.91 Å². The van der Waals surface area contributed by atoms with Gasteiger partial charge in [0.05, 0.1) is 31.9 Å². The fraction of sp³-hybridized carbons (Fsp3) is 0.419. The van der Waals surface area contributed by atoms with Crippen molar-refractivity contribution in [1.29, 1.82) is 0 Å². The maximum absolute atomic E-state index is 13.0. The molecule has 1 aromatic heterocycles. The highest BCUT2D eigenvalue weighted by Gasteiger charge is 2.31. The third-order valence-corrected chi connectivity index (χ3v) is 7.13. The quantitative estimate of drug-likeness (QED) is 0.379. The summed E-state index contributed by atoms with van der Waals surface area (Å²) in [5.74, 6) is 3.03. The van der Waals surface area contributed by atoms with E-state index in [1.165, 1.54) is 0 Å². The molecule has 3 amide bonds. The summed E-state index contributed by atoms with van der Waals surface area (Å²) >= 11 is 0. The molecule has 4 bridgehead atoms. The second kappa shape index (κ2) is 14.2. The Morgan fingerprint density at radius 1 is 1.00 bits per heavy atom. The maximum atomic E-state index is 13.0. The number of fused-ring (bicyclic) bond motifs is 5. The fourth-order valence-corrected chi connectivity index (χ4v) is 5.05. The zero-order valence-electron chi connectivity index (χ0n) is 24.0. The maximum Gasteiger partial charge on any atom is 0.315 e. The molecule has 2 aromatic carbocycles. The van der Waals surface area contributed by atoms with Gasteiger partial charge in [-0.3, -0.25) is 9.69 Å². The van der Waals surface area contributed by atoms with Crippen LogP contribution in [0.15, 0.2) is 59.0 Å². The summed E-state index contributed by atoms with van der Waals surface area (Å²) in [6.45, 7) is 5.61. The van der Waals surface area contributed by atoms with Gasteiger partial charge in [-0.2, -0.15) is 0 Å². The number of nitrogens with one attached hydrogen (secondary N) is 3. The fourth-order valence-electron chi connectivity index (χ4n) is 5.05. The molecule has 1 saturated heterocycles. The molecule has 3 heterocycles. The predicted octanol–water partition coefficient (Wildman–Crippen LogP) is 3.61. The molecule has 0 aliphatic carbocycles. The highest BCUT2D eigenvalue weighted by molar-refractivity contribution is 5.95. The summed E-state index contributed by atoms with van der Waals surface area (Å²) < 4.78 is 29.2. The SMILES string of the molecule is COCCOc1cc2cc(c1)C(=O)NCCNC(=O)N[C@H]1CCN(Cc3ccc(C)o3)C[C@@H]1OCc1cccc(c1)O2. The predicted molar refractivity (Wildman–Crippen MR) is 155 cm³/mol. The van der Waals surface area contributed by atoms with Crippen LogP contribution in [0, 0.1) is 6.92 Å². The van der Waals surface area contributed by atoms with E-state index in [2.05, 4.69) is 20.9 Å². The van der Waals surface area contributed by atoms with E-state index >= 15 is 0 Å². The van der Waals surface area contributed by atoms with E-state index in [1.54, 1.807) is 25.3 Å². The van der Waals surface area contributed by atoms with Gasteiger partial charge >= 0.3 is 6.03 Å². The van der Waals surface area contributed by atoms with E-state index in [-0.39, 0.29) is 37.2 Å². The smallest absolute Gasteiger partial charge is 0.315 e. The van der Waals surface area contributed by atoms with Gasteiger partial charge in [-0.05, 0) is 55.3 Å². The molecule has 11 heteroatoms. The van der Waals surface area contributed by atoms with Gasteiger partial charge in [-0.25, -0.2) is 4.79 Å². The van der Waals surface area contributed by atoms with Crippen LogP contribution in [0.3, 0.4) is 0 Å². The van der Waals surface area contributed by atoms with Crippen LogP contribution in [0.25, 0.3) is 0 Å². The average molecular weight is 579 g/mol. The molecule has 224 valence electrons. The van der Waals surface area contributed by atoms with E-state index in [9.17, 15) is 9.59 Å². The molecular formula is C31H38N4O7. The number of benzene rings is 2. The molecule has 2 atom stereocenters. The number of methoxy groups -OCH3 is 1. The molecule has 1 fully saturated rings. The van der Waals surface area contributed by atoms with E-state index in [0.29, 0.717) is 55.7 Å². The standard InChI is InChI=1S/C31H38N4O7/c1-21-6-7-25(41-21)18-35-11-8-28-29(19-35)40-20-22-4-3-5-24(14-22)42-27-16-23(15-26(17-27)39-13-12-38-2)30(36)32-9-10-33-31(37)34-28/h3-7,14-17,28-29H,8-13,18-20H2,1-2H3,(H,32,36)(H2,33,34,37)/t28-,29-/m0/s1. The second-order valence-electron chi connectivity index (χ2n) is 10.4. The minimum absolute atomic E-state index is 0.177. The Labute approximate surface area is 245 Å². The van der Waals surface area contributed by atoms with Crippen molar-refractivity contribution in [3.05, 3.63) is 77.2 Å². The highest BCUT2D eigenvalue weighted by Crippen LogP contribution is 2.29. The van der Waals surface area contributed by atoms with Gasteiger partial charge in [-0.15, -0.1) is 0 Å². The number of carbonyl (C=O) groups excluding carboxylic acids is 2. The summed E-state index contributed by atoms with van der Waals surface area (Å²) in [6.07, 6.45) is 0.480. The number of likely N-dealkylation sites (tertiary alicyclic amines) is 1. The molecule has 3 aromatic rings. The highest BCUT2D eigenvalue weighted by atomic mass is 16.5. The molecule has 5 rings (SSSR count). The summed E-state index contributed by atoms with van der Waals surface area (Å²) in [4.78, 5) is 28.0. The molecule has 11 nitrogen and oxygen atoms in total. The van der Waals surface area contributed by atoms with Crippen LogP contribution >= 0.6 is 0 Å². The van der Waals surface area contributed by atoms with Crippen molar-refractivity contribution in [1.82, 2.24) is 20.9 Å². The lowest BCUT2D eigenvalue weighted by atomic mass is 10.0. The third kappa shape index (κ3) is 8.25. The van der Waals surface area contributed by atoms with Gasteiger partial charge in [0, 0.05) is 44.9 Å². The molecule has 0 radical (unpaired) electrons. The molecule has 0 saturated carbocycles. The first-order chi connectivity index (χ1) is 20.4. The van der Waals surface area contributed by atoms with Crippen molar-refractivity contribution in [3.8, 4) is 17.2 Å². The van der Waals surface area contributed by atoms with Crippen LogP contribution in [0.1, 0.15) is 33.9 Å². The van der Waals surface area contributed by atoms with Gasteiger partial charge in [0.15, 0.2) is 0 Å². The molecule has 2 aliphatic rings. The number of ether oxygens (including phenoxy) is 4. The number of urea groups is 1. The van der Waals surface area contributed by atoms with E-state index < -0.39 is 0 Å². The van der Waals surface area contributed by atoms with Crippen LogP contribution in [0.5, 0.6) is 17.2 Å². The first kappa shape index (κ1) is 29.4. The summed E-state index contributed by atoms with van der Waals surface area (Å²) in [6, 6.07) is 16.1. The van der Waals surface area contributed by atoms with Gasteiger partial charge in [0.2, 0.25) is 0 Å². The number of rotatable bonds is 6. The van der Waals surface area contributed by atoms with Crippen molar-refractivity contribution >= 4 is 11.9 Å². The summed E-state index contributed by atoms with van der Waals surface area (Å²) in [5.41, 5.74) is 1.30. The molecule has 0 unspecified atom stereocenters. The van der Waals surface area contributed by atoms with E-state index in [0.717, 1.165) is 30.0 Å². The zero-order chi connectivity index (χ0) is 29.3. The van der Waals surface area contributed by atoms with Crippen molar-refractivity contribution in [2.45, 2.75) is 38.6 Å². The van der Waals surface area contributed by atoms with Gasteiger partial charge < -0.3 is 39.3 Å². The Morgan fingerprint density at radius 3 is 2.71 bits per heavy atom. The molecule has 2 aliphatic heterocycles. The van der Waals surface area contributed by atoms with Crippen LogP contribution < -0.4 is 25.4 Å². The van der Waals surface area contributed by atoms with Crippen LogP contribution in [-0.4, -0.2) is 75.5 Å².